The third-order valence-electron chi connectivity index (χ3n) is 5.19. The molecule has 156 valence electrons. The molecule has 0 radical (unpaired) electrons. The van der Waals surface area contributed by atoms with Crippen molar-refractivity contribution < 1.29 is 9.53 Å². The summed E-state index contributed by atoms with van der Waals surface area (Å²) in [6.45, 7) is 3.28. The number of morpholine rings is 1. The fourth-order valence-electron chi connectivity index (χ4n) is 3.69. The number of carbonyl (C=O) groups excluding carboxylic acids is 1. The maximum Gasteiger partial charge on any atom is 0.245 e. The maximum absolute atomic E-state index is 12.6. The normalized spacial score (nSPS) is 14.0. The molecule has 0 saturated carbocycles. The van der Waals surface area contributed by atoms with Crippen LogP contribution in [0.25, 0.3) is 22.3 Å². The van der Waals surface area contributed by atoms with Crippen LogP contribution in [0.4, 0.5) is 11.5 Å². The number of nitrogens with one attached hydrogen (secondary N) is 1. The van der Waals surface area contributed by atoms with Crippen LogP contribution in [0.15, 0.2) is 61.4 Å². The second-order valence-corrected chi connectivity index (χ2v) is 7.18. The summed E-state index contributed by atoms with van der Waals surface area (Å²) in [4.78, 5) is 32.0. The third-order valence-corrected chi connectivity index (χ3v) is 5.19. The van der Waals surface area contributed by atoms with E-state index in [1.807, 2.05) is 29.0 Å². The van der Waals surface area contributed by atoms with Gasteiger partial charge in [-0.05, 0) is 24.3 Å². The van der Waals surface area contributed by atoms with E-state index in [4.69, 9.17) is 4.74 Å². The van der Waals surface area contributed by atoms with Gasteiger partial charge in [-0.15, -0.1) is 0 Å². The molecule has 9 heteroatoms. The van der Waals surface area contributed by atoms with Gasteiger partial charge in [-0.1, -0.05) is 0 Å². The van der Waals surface area contributed by atoms with E-state index in [9.17, 15) is 4.79 Å². The molecule has 0 aliphatic carbocycles. The number of hydrogen-bond acceptors (Lipinski definition) is 7. The highest BCUT2D eigenvalue weighted by molar-refractivity contribution is 5.93. The van der Waals surface area contributed by atoms with E-state index in [0.717, 1.165) is 54.3 Å². The SMILES string of the molecule is O=C(Cn1ccc2c(N3CCOCC3)ccnc21)Nc1ccc(-c2cnccn2)cn1. The van der Waals surface area contributed by atoms with Crippen LogP contribution < -0.4 is 10.2 Å². The average molecular weight is 415 g/mol. The first-order chi connectivity index (χ1) is 15.3. The third kappa shape index (κ3) is 4.08. The van der Waals surface area contributed by atoms with Gasteiger partial charge in [0.25, 0.3) is 0 Å². The van der Waals surface area contributed by atoms with Crippen LogP contribution in [0, 0.1) is 0 Å². The lowest BCUT2D eigenvalue weighted by Crippen LogP contribution is -2.36. The number of rotatable bonds is 5. The zero-order valence-corrected chi connectivity index (χ0v) is 16.8. The highest BCUT2D eigenvalue weighted by Gasteiger charge is 2.16. The Labute approximate surface area is 178 Å². The van der Waals surface area contributed by atoms with Crippen LogP contribution in [0.3, 0.4) is 0 Å². The molecular formula is C22H21N7O2. The molecule has 0 unspecified atom stereocenters. The van der Waals surface area contributed by atoms with Gasteiger partial charge >= 0.3 is 0 Å². The summed E-state index contributed by atoms with van der Waals surface area (Å²) in [5, 5.41) is 3.87. The molecule has 1 aliphatic rings. The summed E-state index contributed by atoms with van der Waals surface area (Å²) in [5.41, 5.74) is 3.47. The summed E-state index contributed by atoms with van der Waals surface area (Å²) < 4.78 is 7.30. The first-order valence-electron chi connectivity index (χ1n) is 10.1. The Morgan fingerprint density at radius 3 is 2.68 bits per heavy atom. The van der Waals surface area contributed by atoms with Crippen molar-refractivity contribution in [2.45, 2.75) is 6.54 Å². The van der Waals surface area contributed by atoms with Crippen LogP contribution in [-0.4, -0.2) is 56.7 Å². The van der Waals surface area contributed by atoms with Gasteiger partial charge in [0, 0.05) is 60.7 Å². The van der Waals surface area contributed by atoms with Crippen molar-refractivity contribution >= 4 is 28.4 Å². The number of amides is 1. The fraction of sp³-hybridized carbons (Fsp3) is 0.227. The molecule has 1 fully saturated rings. The Hall–Kier alpha value is -3.85. The lowest BCUT2D eigenvalue weighted by Gasteiger charge is -2.29. The summed E-state index contributed by atoms with van der Waals surface area (Å²) >= 11 is 0. The summed E-state index contributed by atoms with van der Waals surface area (Å²) in [7, 11) is 0. The van der Waals surface area contributed by atoms with E-state index >= 15 is 0 Å². The molecule has 4 aromatic heterocycles. The van der Waals surface area contributed by atoms with Crippen molar-refractivity contribution in [1.82, 2.24) is 24.5 Å². The fourth-order valence-corrected chi connectivity index (χ4v) is 3.69. The summed E-state index contributed by atoms with van der Waals surface area (Å²) in [6.07, 6.45) is 10.3. The molecule has 5 rings (SSSR count). The van der Waals surface area contributed by atoms with Gasteiger partial charge in [0.2, 0.25) is 5.91 Å². The average Bonchev–Trinajstić information content (AvgIpc) is 3.23. The second-order valence-electron chi connectivity index (χ2n) is 7.18. The first-order valence-corrected chi connectivity index (χ1v) is 10.1. The number of carbonyl (C=O) groups is 1. The van der Waals surface area contributed by atoms with Crippen molar-refractivity contribution in [2.24, 2.45) is 0 Å². The molecule has 31 heavy (non-hydrogen) atoms. The number of fused-ring (bicyclic) bond motifs is 1. The van der Waals surface area contributed by atoms with Gasteiger partial charge in [0.05, 0.1) is 25.1 Å². The van der Waals surface area contributed by atoms with Gasteiger partial charge in [-0.2, -0.15) is 0 Å². The van der Waals surface area contributed by atoms with Crippen LogP contribution in [-0.2, 0) is 16.1 Å². The van der Waals surface area contributed by atoms with E-state index in [2.05, 4.69) is 30.2 Å². The zero-order chi connectivity index (χ0) is 21.0. The second kappa shape index (κ2) is 8.49. The molecule has 0 aromatic carbocycles. The number of nitrogens with zero attached hydrogens (tertiary/aromatic N) is 6. The minimum atomic E-state index is -0.171. The van der Waals surface area contributed by atoms with E-state index < -0.39 is 0 Å². The quantitative estimate of drug-likeness (QED) is 0.534. The molecule has 0 spiro atoms. The topological polar surface area (TPSA) is 98.1 Å². The molecule has 1 amide bonds. The maximum atomic E-state index is 12.6. The van der Waals surface area contributed by atoms with Gasteiger partial charge in [0.15, 0.2) is 0 Å². The van der Waals surface area contributed by atoms with E-state index in [1.54, 1.807) is 37.1 Å². The van der Waals surface area contributed by atoms with Gasteiger partial charge < -0.3 is 19.5 Å². The van der Waals surface area contributed by atoms with Crippen molar-refractivity contribution in [3.05, 3.63) is 61.4 Å². The van der Waals surface area contributed by atoms with Crippen LogP contribution in [0.5, 0.6) is 0 Å². The number of pyridine rings is 2. The Morgan fingerprint density at radius 1 is 1.00 bits per heavy atom. The first kappa shape index (κ1) is 19.1. The van der Waals surface area contributed by atoms with Crippen LogP contribution in [0.2, 0.25) is 0 Å². The predicted octanol–water partition coefficient (Wildman–Crippen LogP) is 2.36. The number of anilines is 2. The molecule has 1 N–H and O–H groups in total. The Balaban J connectivity index is 1.29. The van der Waals surface area contributed by atoms with Gasteiger partial charge in [0.1, 0.15) is 18.0 Å². The Bertz CT molecular complexity index is 1190. The number of hydrogen-bond donors (Lipinski definition) is 1. The minimum absolute atomic E-state index is 0.149. The monoisotopic (exact) mass is 415 g/mol. The Kier molecular flexibility index (Phi) is 5.24. The number of aromatic nitrogens is 5. The van der Waals surface area contributed by atoms with Gasteiger partial charge in [-0.3, -0.25) is 14.8 Å². The van der Waals surface area contributed by atoms with Crippen molar-refractivity contribution in [3.8, 4) is 11.3 Å². The predicted molar refractivity (Wildman–Crippen MR) is 117 cm³/mol. The van der Waals surface area contributed by atoms with Crippen molar-refractivity contribution in [1.29, 1.82) is 0 Å². The lowest BCUT2D eigenvalue weighted by molar-refractivity contribution is -0.116. The zero-order valence-electron chi connectivity index (χ0n) is 16.8. The summed E-state index contributed by atoms with van der Waals surface area (Å²) in [5.74, 6) is 0.312. The molecular weight excluding hydrogens is 394 g/mol. The highest BCUT2D eigenvalue weighted by Crippen LogP contribution is 2.27. The molecule has 5 heterocycles. The van der Waals surface area contributed by atoms with E-state index in [1.165, 1.54) is 0 Å². The summed E-state index contributed by atoms with van der Waals surface area (Å²) in [6, 6.07) is 7.63. The molecule has 1 aliphatic heterocycles. The van der Waals surface area contributed by atoms with Crippen LogP contribution in [0.1, 0.15) is 0 Å². The van der Waals surface area contributed by atoms with E-state index in [0.29, 0.717) is 5.82 Å². The number of ether oxygens (including phenoxy) is 1. The highest BCUT2D eigenvalue weighted by atomic mass is 16.5. The Morgan fingerprint density at radius 2 is 1.90 bits per heavy atom. The lowest BCUT2D eigenvalue weighted by atomic mass is 10.2. The van der Waals surface area contributed by atoms with Crippen molar-refractivity contribution in [2.75, 3.05) is 36.5 Å². The molecule has 0 bridgehead atoms. The molecule has 0 atom stereocenters. The smallest absolute Gasteiger partial charge is 0.245 e. The largest absolute Gasteiger partial charge is 0.378 e. The molecule has 4 aromatic rings. The van der Waals surface area contributed by atoms with Crippen molar-refractivity contribution in [3.63, 3.8) is 0 Å². The minimum Gasteiger partial charge on any atom is -0.378 e. The molecule has 1 saturated heterocycles. The van der Waals surface area contributed by atoms with Crippen LogP contribution >= 0.6 is 0 Å². The van der Waals surface area contributed by atoms with E-state index in [-0.39, 0.29) is 12.5 Å². The molecule has 9 nitrogen and oxygen atoms in total. The standard InChI is InChI=1S/C22H21N7O2/c30-21(27-20-2-1-16(13-26-20)18-14-23-6-7-24-18)15-29-8-4-17-19(3-5-25-22(17)29)28-9-11-31-12-10-28/h1-8,13-14H,9-12,15H2,(H,26,27,30). The van der Waals surface area contributed by atoms with Gasteiger partial charge in [-0.25, -0.2) is 9.97 Å².